The maximum Gasteiger partial charge on any atom is 0.187 e. The first-order chi connectivity index (χ1) is 17.3. The first kappa shape index (κ1) is 27.3. The van der Waals surface area contributed by atoms with Crippen molar-refractivity contribution in [3.63, 3.8) is 0 Å². The summed E-state index contributed by atoms with van der Waals surface area (Å²) >= 11 is 0. The molecule has 1 saturated heterocycles. The minimum atomic E-state index is -1.58. The summed E-state index contributed by atoms with van der Waals surface area (Å²) in [7, 11) is -1.58. The molecule has 0 bridgehead atoms. The highest BCUT2D eigenvalue weighted by Gasteiger charge is 2.31. The molecule has 2 aliphatic rings. The largest absolute Gasteiger partial charge is 0.491 e. The van der Waals surface area contributed by atoms with Crippen molar-refractivity contribution in [1.29, 1.82) is 0 Å². The number of hydrogen-bond donors (Lipinski definition) is 0. The van der Waals surface area contributed by atoms with Crippen LogP contribution in [0.4, 0.5) is 4.39 Å². The van der Waals surface area contributed by atoms with Gasteiger partial charge in [0.25, 0.3) is 0 Å². The number of piperidine rings is 1. The van der Waals surface area contributed by atoms with E-state index >= 15 is 0 Å². The number of halogens is 1. The Morgan fingerprint density at radius 1 is 1.00 bits per heavy atom. The third-order valence-electron chi connectivity index (χ3n) is 8.05. The van der Waals surface area contributed by atoms with Gasteiger partial charge in [0, 0.05) is 6.54 Å². The number of benzene rings is 2. The number of ether oxygens (including phenoxy) is 1. The maximum absolute atomic E-state index is 13.2. The average molecular weight is 512 g/mol. The third-order valence-corrected chi connectivity index (χ3v) is 10.8. The second-order valence-electron chi connectivity index (χ2n) is 12.0. The van der Waals surface area contributed by atoms with E-state index in [-0.39, 0.29) is 5.82 Å². The molecule has 1 unspecified atom stereocenters. The Morgan fingerprint density at radius 3 is 2.47 bits per heavy atom. The molecule has 0 spiro atoms. The summed E-state index contributed by atoms with van der Waals surface area (Å²) in [6.45, 7) is 13.9. The van der Waals surface area contributed by atoms with Crippen molar-refractivity contribution in [1.82, 2.24) is 4.90 Å². The van der Waals surface area contributed by atoms with Gasteiger partial charge >= 0.3 is 0 Å². The van der Waals surface area contributed by atoms with E-state index in [0.717, 1.165) is 24.6 Å². The van der Waals surface area contributed by atoms with E-state index < -0.39 is 8.32 Å². The Hall–Kier alpha value is -1.69. The molecule has 0 radical (unpaired) electrons. The summed E-state index contributed by atoms with van der Waals surface area (Å²) in [6.07, 6.45) is 7.33. The summed E-state index contributed by atoms with van der Waals surface area (Å²) in [5, 5.41) is 0. The van der Waals surface area contributed by atoms with Crippen molar-refractivity contribution < 1.29 is 13.6 Å². The van der Waals surface area contributed by atoms with E-state index in [4.69, 9.17) is 9.16 Å². The van der Waals surface area contributed by atoms with Crippen LogP contribution in [0.25, 0.3) is 0 Å². The highest BCUT2D eigenvalue weighted by atomic mass is 28.4. The van der Waals surface area contributed by atoms with Gasteiger partial charge in [0.2, 0.25) is 0 Å². The molecule has 0 saturated carbocycles. The van der Waals surface area contributed by atoms with Crippen molar-refractivity contribution >= 4 is 8.32 Å². The highest BCUT2D eigenvalue weighted by Crippen LogP contribution is 2.42. The Morgan fingerprint density at radius 2 is 1.75 bits per heavy atom. The molecule has 0 amide bonds. The zero-order chi connectivity index (χ0) is 25.5. The van der Waals surface area contributed by atoms with Gasteiger partial charge in [-0.3, -0.25) is 0 Å². The Kier molecular flexibility index (Phi) is 9.65. The molecule has 2 aromatic carbocycles. The molecule has 3 nitrogen and oxygen atoms in total. The van der Waals surface area contributed by atoms with Crippen molar-refractivity contribution in [2.75, 3.05) is 32.8 Å². The number of hydrogen-bond acceptors (Lipinski definition) is 3. The monoisotopic (exact) mass is 511 g/mol. The summed E-state index contributed by atoms with van der Waals surface area (Å²) in [5.74, 6) is 3.00. The van der Waals surface area contributed by atoms with E-state index in [1.165, 1.54) is 62.4 Å². The molecule has 1 atom stereocenters. The van der Waals surface area contributed by atoms with E-state index in [1.807, 2.05) is 12.1 Å². The zero-order valence-electron chi connectivity index (χ0n) is 22.9. The van der Waals surface area contributed by atoms with Gasteiger partial charge in [-0.25, -0.2) is 4.39 Å². The second kappa shape index (κ2) is 12.7. The number of aryl methyl sites for hydroxylation is 1. The average Bonchev–Trinajstić information content (AvgIpc) is 2.85. The molecular formula is C31H46FNO2Si. The molecule has 1 aliphatic heterocycles. The first-order valence-corrected chi connectivity index (χ1v) is 17.3. The lowest BCUT2D eigenvalue weighted by molar-refractivity contribution is 0.164. The molecule has 1 fully saturated rings. The summed E-state index contributed by atoms with van der Waals surface area (Å²) in [6, 6.07) is 15.0. The smallest absolute Gasteiger partial charge is 0.187 e. The highest BCUT2D eigenvalue weighted by molar-refractivity contribution is 6.71. The van der Waals surface area contributed by atoms with Gasteiger partial charge < -0.3 is 14.1 Å². The zero-order valence-corrected chi connectivity index (χ0v) is 23.9. The fourth-order valence-electron chi connectivity index (χ4n) is 6.44. The van der Waals surface area contributed by atoms with Crippen LogP contribution in [0, 0.1) is 17.7 Å². The molecule has 36 heavy (non-hydrogen) atoms. The second-order valence-corrected chi connectivity index (χ2v) is 16.2. The predicted molar refractivity (Wildman–Crippen MR) is 150 cm³/mol. The lowest BCUT2D eigenvalue weighted by atomic mass is 9.72. The van der Waals surface area contributed by atoms with Crippen LogP contribution in [0.15, 0.2) is 42.5 Å². The standard InChI is InChI=1S/C31H46FNO2Si/c1-24(2)23-36(3,4)35-21-20-34-29-12-13-31-27(22-29)6-5-7-30(31)26-15-18-33(19-16-26)17-14-25-8-10-28(32)11-9-25/h8-13,22,24,26,30H,5-7,14-21,23H2,1-4H3. The van der Waals surface area contributed by atoms with Gasteiger partial charge in [-0.1, -0.05) is 32.0 Å². The topological polar surface area (TPSA) is 21.7 Å². The van der Waals surface area contributed by atoms with Crippen molar-refractivity contribution in [3.8, 4) is 5.75 Å². The molecular weight excluding hydrogens is 465 g/mol. The van der Waals surface area contributed by atoms with Gasteiger partial charge in [0.15, 0.2) is 8.32 Å². The van der Waals surface area contributed by atoms with Crippen LogP contribution in [-0.2, 0) is 17.3 Å². The van der Waals surface area contributed by atoms with Gasteiger partial charge in [-0.15, -0.1) is 0 Å². The van der Waals surface area contributed by atoms with Crippen LogP contribution >= 0.6 is 0 Å². The predicted octanol–water partition coefficient (Wildman–Crippen LogP) is 7.46. The third kappa shape index (κ3) is 7.90. The summed E-state index contributed by atoms with van der Waals surface area (Å²) in [4.78, 5) is 2.59. The normalized spacial score (nSPS) is 19.4. The van der Waals surface area contributed by atoms with Crippen LogP contribution in [0.5, 0.6) is 5.75 Å². The van der Waals surface area contributed by atoms with Crippen LogP contribution in [0.2, 0.25) is 19.1 Å². The number of likely N-dealkylation sites (tertiary alicyclic amines) is 1. The van der Waals surface area contributed by atoms with Crippen LogP contribution < -0.4 is 4.74 Å². The van der Waals surface area contributed by atoms with Crippen molar-refractivity contribution in [2.24, 2.45) is 11.8 Å². The molecule has 0 N–H and O–H groups in total. The Labute approximate surface area is 219 Å². The van der Waals surface area contributed by atoms with Gasteiger partial charge in [0.05, 0.1) is 6.61 Å². The van der Waals surface area contributed by atoms with Crippen LogP contribution in [0.1, 0.15) is 62.1 Å². The SMILES string of the molecule is CC(C)C[Si](C)(C)OCCOc1ccc2c(c1)CCCC2C1CCN(CCc2ccc(F)cc2)CC1. The minimum Gasteiger partial charge on any atom is -0.491 e. The van der Waals surface area contributed by atoms with Crippen molar-refractivity contribution in [2.45, 2.75) is 77.4 Å². The maximum atomic E-state index is 13.2. The Balaban J connectivity index is 1.24. The number of rotatable bonds is 11. The first-order valence-electron chi connectivity index (χ1n) is 14.2. The minimum absolute atomic E-state index is 0.150. The van der Waals surface area contributed by atoms with Gasteiger partial charge in [-0.05, 0) is 129 Å². The molecule has 1 heterocycles. The fourth-order valence-corrected chi connectivity index (χ4v) is 9.16. The quantitative estimate of drug-likeness (QED) is 0.231. The number of nitrogens with zero attached hydrogens (tertiary/aromatic N) is 1. The van der Waals surface area contributed by atoms with Gasteiger partial charge in [-0.2, -0.15) is 0 Å². The van der Waals surface area contributed by atoms with E-state index in [0.29, 0.717) is 25.0 Å². The van der Waals surface area contributed by atoms with Crippen LogP contribution in [0.3, 0.4) is 0 Å². The van der Waals surface area contributed by atoms with Crippen molar-refractivity contribution in [3.05, 3.63) is 65.0 Å². The lowest BCUT2D eigenvalue weighted by Crippen LogP contribution is -2.37. The number of fused-ring (bicyclic) bond motifs is 1. The summed E-state index contributed by atoms with van der Waals surface area (Å²) in [5.41, 5.74) is 4.30. The van der Waals surface area contributed by atoms with Gasteiger partial charge in [0.1, 0.15) is 18.2 Å². The molecule has 4 rings (SSSR count). The lowest BCUT2D eigenvalue weighted by Gasteiger charge is -2.38. The van der Waals surface area contributed by atoms with Crippen LogP contribution in [-0.4, -0.2) is 46.1 Å². The molecule has 0 aromatic heterocycles. The Bertz CT molecular complexity index is 954. The van der Waals surface area contributed by atoms with E-state index in [9.17, 15) is 4.39 Å². The molecule has 2 aromatic rings. The van der Waals surface area contributed by atoms with E-state index in [2.05, 4.69) is 50.0 Å². The van der Waals surface area contributed by atoms with E-state index in [1.54, 1.807) is 17.7 Å². The molecule has 5 heteroatoms. The molecule has 1 aliphatic carbocycles. The molecule has 198 valence electrons. The summed E-state index contributed by atoms with van der Waals surface area (Å²) < 4.78 is 25.5. The fraction of sp³-hybridized carbons (Fsp3) is 0.613.